The van der Waals surface area contributed by atoms with Crippen molar-refractivity contribution < 1.29 is 19.4 Å². The number of ether oxygens (including phenoxy) is 1. The second kappa shape index (κ2) is 6.78. The van der Waals surface area contributed by atoms with Crippen LogP contribution in [-0.4, -0.2) is 48.8 Å². The van der Waals surface area contributed by atoms with E-state index in [9.17, 15) is 14.7 Å². The summed E-state index contributed by atoms with van der Waals surface area (Å²) in [4.78, 5) is 22.8. The number of halogens is 1. The van der Waals surface area contributed by atoms with E-state index in [1.807, 2.05) is 0 Å². The number of methoxy groups -OCH3 is 1. The van der Waals surface area contributed by atoms with Crippen LogP contribution in [0.15, 0.2) is 0 Å². The van der Waals surface area contributed by atoms with E-state index in [0.717, 1.165) is 13.0 Å². The van der Waals surface area contributed by atoms with Crippen LogP contribution in [0.25, 0.3) is 0 Å². The number of amides is 1. The smallest absolute Gasteiger partial charge is 0.328 e. The van der Waals surface area contributed by atoms with Gasteiger partial charge in [0, 0.05) is 6.54 Å². The monoisotopic (exact) mass is 266 g/mol. The summed E-state index contributed by atoms with van der Waals surface area (Å²) < 4.78 is 4.48. The Morgan fingerprint density at radius 3 is 2.65 bits per heavy atom. The third kappa shape index (κ3) is 4.14. The molecular weight excluding hydrogens is 248 g/mol. The number of rotatable bonds is 3. The summed E-state index contributed by atoms with van der Waals surface area (Å²) >= 11 is 0. The van der Waals surface area contributed by atoms with E-state index in [1.165, 1.54) is 14.0 Å². The maximum atomic E-state index is 11.7. The molecule has 0 bridgehead atoms. The lowest BCUT2D eigenvalue weighted by atomic mass is 9.93. The number of β-amino-alcohol motifs (C(OH)–C–C–N with tert-alkyl or cyclic N) is 1. The Morgan fingerprint density at radius 1 is 1.53 bits per heavy atom. The number of carbonyl (C=O) groups excluding carboxylic acids is 2. The van der Waals surface area contributed by atoms with Crippen molar-refractivity contribution in [1.29, 1.82) is 0 Å². The number of hydrogen-bond donors (Lipinski definition) is 3. The Kier molecular flexibility index (Phi) is 6.44. The molecule has 1 heterocycles. The molecule has 1 amide bonds. The van der Waals surface area contributed by atoms with Crippen LogP contribution < -0.4 is 10.6 Å². The van der Waals surface area contributed by atoms with Crippen molar-refractivity contribution in [2.45, 2.75) is 31.4 Å². The van der Waals surface area contributed by atoms with Crippen molar-refractivity contribution in [2.24, 2.45) is 0 Å². The zero-order chi connectivity index (χ0) is 12.2. The maximum absolute atomic E-state index is 11.7. The maximum Gasteiger partial charge on any atom is 0.328 e. The van der Waals surface area contributed by atoms with Crippen molar-refractivity contribution in [3.63, 3.8) is 0 Å². The van der Waals surface area contributed by atoms with Crippen LogP contribution in [0.3, 0.4) is 0 Å². The molecule has 0 aromatic rings. The van der Waals surface area contributed by atoms with Gasteiger partial charge in [0.25, 0.3) is 5.91 Å². The molecule has 1 fully saturated rings. The molecule has 2 atom stereocenters. The van der Waals surface area contributed by atoms with Gasteiger partial charge < -0.3 is 20.5 Å². The second-order valence-corrected chi connectivity index (χ2v) is 4.03. The zero-order valence-corrected chi connectivity index (χ0v) is 10.8. The van der Waals surface area contributed by atoms with Gasteiger partial charge in [-0.15, -0.1) is 12.4 Å². The molecule has 100 valence electrons. The van der Waals surface area contributed by atoms with Crippen LogP contribution in [0.2, 0.25) is 0 Å². The second-order valence-electron chi connectivity index (χ2n) is 4.03. The van der Waals surface area contributed by atoms with Crippen LogP contribution in [0.1, 0.15) is 19.8 Å². The number of aliphatic hydroxyl groups is 1. The SMILES string of the molecule is COC(=O)C(C)NC(=O)C1(O)CCCNC1.Cl. The third-order valence-electron chi connectivity index (χ3n) is 2.69. The van der Waals surface area contributed by atoms with Gasteiger partial charge in [0.15, 0.2) is 5.60 Å². The van der Waals surface area contributed by atoms with E-state index < -0.39 is 23.5 Å². The fraction of sp³-hybridized carbons (Fsp3) is 0.800. The summed E-state index contributed by atoms with van der Waals surface area (Å²) in [6.07, 6.45) is 1.14. The van der Waals surface area contributed by atoms with E-state index in [2.05, 4.69) is 15.4 Å². The highest BCUT2D eigenvalue weighted by atomic mass is 35.5. The molecule has 2 unspecified atom stereocenters. The number of esters is 1. The van der Waals surface area contributed by atoms with E-state index >= 15 is 0 Å². The topological polar surface area (TPSA) is 87.7 Å². The fourth-order valence-corrected chi connectivity index (χ4v) is 1.65. The first-order valence-corrected chi connectivity index (χ1v) is 5.31. The molecule has 0 radical (unpaired) electrons. The summed E-state index contributed by atoms with van der Waals surface area (Å²) in [6.45, 7) is 2.53. The summed E-state index contributed by atoms with van der Waals surface area (Å²) in [5, 5.41) is 15.4. The molecule has 1 rings (SSSR count). The minimum Gasteiger partial charge on any atom is -0.467 e. The Bertz CT molecular complexity index is 279. The standard InChI is InChI=1S/C10H18N2O4.ClH/c1-7(8(13)16-2)12-9(14)10(15)4-3-5-11-6-10;/h7,11,15H,3-6H2,1-2H3,(H,12,14);1H. The first-order valence-electron chi connectivity index (χ1n) is 5.31. The highest BCUT2D eigenvalue weighted by molar-refractivity contribution is 5.89. The molecule has 0 aliphatic carbocycles. The van der Waals surface area contributed by atoms with Crippen molar-refractivity contribution >= 4 is 24.3 Å². The van der Waals surface area contributed by atoms with Crippen molar-refractivity contribution in [2.75, 3.05) is 20.2 Å². The minimum atomic E-state index is -1.42. The molecule has 3 N–H and O–H groups in total. The molecule has 1 aliphatic heterocycles. The van der Waals surface area contributed by atoms with Crippen LogP contribution in [0, 0.1) is 0 Å². The normalized spacial score (nSPS) is 25.4. The molecule has 0 aromatic heterocycles. The molecule has 6 nitrogen and oxygen atoms in total. The van der Waals surface area contributed by atoms with E-state index in [4.69, 9.17) is 0 Å². The third-order valence-corrected chi connectivity index (χ3v) is 2.69. The Hall–Kier alpha value is -0.850. The Labute approximate surface area is 107 Å². The number of piperidine rings is 1. The lowest BCUT2D eigenvalue weighted by molar-refractivity contribution is -0.149. The summed E-state index contributed by atoms with van der Waals surface area (Å²) in [7, 11) is 1.25. The molecule has 0 spiro atoms. The van der Waals surface area contributed by atoms with Crippen molar-refractivity contribution in [1.82, 2.24) is 10.6 Å². The molecule has 17 heavy (non-hydrogen) atoms. The predicted octanol–water partition coefficient (Wildman–Crippen LogP) is -0.800. The lowest BCUT2D eigenvalue weighted by Gasteiger charge is -2.31. The molecule has 0 aromatic carbocycles. The largest absolute Gasteiger partial charge is 0.467 e. The van der Waals surface area contributed by atoms with Crippen LogP contribution in [0.4, 0.5) is 0 Å². The van der Waals surface area contributed by atoms with Crippen LogP contribution in [0.5, 0.6) is 0 Å². The summed E-state index contributed by atoms with van der Waals surface area (Å²) in [6, 6.07) is -0.747. The Balaban J connectivity index is 0.00000256. The average Bonchev–Trinajstić information content (AvgIpc) is 2.28. The number of hydrogen-bond acceptors (Lipinski definition) is 5. The molecule has 7 heteroatoms. The predicted molar refractivity (Wildman–Crippen MR) is 63.9 cm³/mol. The zero-order valence-electron chi connectivity index (χ0n) is 9.99. The molecule has 1 saturated heterocycles. The van der Waals surface area contributed by atoms with E-state index in [-0.39, 0.29) is 19.0 Å². The van der Waals surface area contributed by atoms with Crippen molar-refractivity contribution in [3.05, 3.63) is 0 Å². The van der Waals surface area contributed by atoms with Gasteiger partial charge in [0.2, 0.25) is 0 Å². The molecule has 0 saturated carbocycles. The van der Waals surface area contributed by atoms with Gasteiger partial charge >= 0.3 is 5.97 Å². The summed E-state index contributed by atoms with van der Waals surface area (Å²) in [5.41, 5.74) is -1.42. The van der Waals surface area contributed by atoms with Gasteiger partial charge in [-0.05, 0) is 26.3 Å². The molecular formula is C10H19ClN2O4. The quantitative estimate of drug-likeness (QED) is 0.582. The highest BCUT2D eigenvalue weighted by Gasteiger charge is 2.38. The van der Waals surface area contributed by atoms with Crippen molar-refractivity contribution in [3.8, 4) is 0 Å². The van der Waals surface area contributed by atoms with Gasteiger partial charge in [-0.25, -0.2) is 4.79 Å². The first-order chi connectivity index (χ1) is 7.49. The van der Waals surface area contributed by atoms with E-state index in [0.29, 0.717) is 6.42 Å². The van der Waals surface area contributed by atoms with Gasteiger partial charge in [-0.3, -0.25) is 4.79 Å². The van der Waals surface area contributed by atoms with Gasteiger partial charge in [-0.1, -0.05) is 0 Å². The van der Waals surface area contributed by atoms with Gasteiger partial charge in [0.1, 0.15) is 6.04 Å². The Morgan fingerprint density at radius 2 is 2.18 bits per heavy atom. The van der Waals surface area contributed by atoms with Gasteiger partial charge in [-0.2, -0.15) is 0 Å². The lowest BCUT2D eigenvalue weighted by Crippen LogP contribution is -2.58. The summed E-state index contributed by atoms with van der Waals surface area (Å²) in [5.74, 6) is -1.06. The van der Waals surface area contributed by atoms with Gasteiger partial charge in [0.05, 0.1) is 7.11 Å². The fourth-order valence-electron chi connectivity index (χ4n) is 1.65. The van der Waals surface area contributed by atoms with E-state index in [1.54, 1.807) is 0 Å². The highest BCUT2D eigenvalue weighted by Crippen LogP contribution is 2.16. The number of carbonyl (C=O) groups is 2. The molecule has 1 aliphatic rings. The average molecular weight is 267 g/mol. The van der Waals surface area contributed by atoms with Crippen LogP contribution in [-0.2, 0) is 14.3 Å². The number of nitrogens with one attached hydrogen (secondary N) is 2. The first kappa shape index (κ1) is 16.1. The minimum absolute atomic E-state index is 0. The van der Waals surface area contributed by atoms with Crippen LogP contribution >= 0.6 is 12.4 Å².